The van der Waals surface area contributed by atoms with E-state index in [0.29, 0.717) is 18.0 Å². The first-order valence-electron chi connectivity index (χ1n) is 6.52. The van der Waals surface area contributed by atoms with E-state index in [4.69, 9.17) is 4.74 Å². The summed E-state index contributed by atoms with van der Waals surface area (Å²) in [5.74, 6) is 0.445. The fourth-order valence-electron chi connectivity index (χ4n) is 1.92. The van der Waals surface area contributed by atoms with Crippen molar-refractivity contribution in [2.45, 2.75) is 11.4 Å². The Balaban J connectivity index is 2.03. The zero-order valence-electron chi connectivity index (χ0n) is 12.4. The number of nitrogens with zero attached hydrogens (tertiary/aromatic N) is 2. The molecule has 1 aromatic heterocycles. The maximum Gasteiger partial charge on any atom is 0.255 e. The average Bonchev–Trinajstić information content (AvgIpc) is 2.55. The third kappa shape index (κ3) is 3.98. The minimum atomic E-state index is -0.0564. The van der Waals surface area contributed by atoms with Gasteiger partial charge in [-0.3, -0.25) is 4.79 Å². The summed E-state index contributed by atoms with van der Waals surface area (Å²) in [5.41, 5.74) is 1.66. The lowest BCUT2D eigenvalue weighted by molar-refractivity contribution is 0.0784. The number of amides is 1. The Morgan fingerprint density at radius 1 is 1.24 bits per heavy atom. The fourth-order valence-corrected chi connectivity index (χ4v) is 2.33. The Labute approximate surface area is 129 Å². The van der Waals surface area contributed by atoms with Crippen molar-refractivity contribution in [3.63, 3.8) is 0 Å². The molecule has 0 aliphatic heterocycles. The van der Waals surface area contributed by atoms with Gasteiger partial charge in [-0.1, -0.05) is 12.1 Å². The summed E-state index contributed by atoms with van der Waals surface area (Å²) in [6, 6.07) is 11.6. The molecule has 0 aliphatic carbocycles. The third-order valence-electron chi connectivity index (χ3n) is 3.12. The van der Waals surface area contributed by atoms with Gasteiger partial charge in [-0.05, 0) is 30.0 Å². The third-order valence-corrected chi connectivity index (χ3v) is 3.86. The van der Waals surface area contributed by atoms with Crippen LogP contribution in [0, 0.1) is 0 Å². The average molecular weight is 302 g/mol. The van der Waals surface area contributed by atoms with Crippen LogP contribution in [-0.4, -0.2) is 36.2 Å². The molecule has 2 aromatic rings. The number of rotatable bonds is 5. The molecule has 0 unspecified atom stereocenters. The van der Waals surface area contributed by atoms with Gasteiger partial charge in [-0.2, -0.15) is 0 Å². The standard InChI is InChI=1S/C16H18N2O2S/c1-18(11-12-4-7-14(21-3)8-5-12)16(19)13-6-9-15(20-2)17-10-13/h4-10H,11H2,1-3H3. The summed E-state index contributed by atoms with van der Waals surface area (Å²) in [6.07, 6.45) is 3.58. The molecule has 0 atom stereocenters. The van der Waals surface area contributed by atoms with Crippen LogP contribution in [0.4, 0.5) is 0 Å². The van der Waals surface area contributed by atoms with Crippen molar-refractivity contribution < 1.29 is 9.53 Å². The van der Waals surface area contributed by atoms with Gasteiger partial charge in [0.25, 0.3) is 5.91 Å². The van der Waals surface area contributed by atoms with Crippen molar-refractivity contribution in [3.8, 4) is 5.88 Å². The van der Waals surface area contributed by atoms with E-state index in [0.717, 1.165) is 5.56 Å². The van der Waals surface area contributed by atoms with Gasteiger partial charge in [0.1, 0.15) is 0 Å². The zero-order chi connectivity index (χ0) is 15.2. The summed E-state index contributed by atoms with van der Waals surface area (Å²) in [4.78, 5) is 19.3. The maximum absolute atomic E-state index is 12.3. The first kappa shape index (κ1) is 15.4. The smallest absolute Gasteiger partial charge is 0.255 e. The Kier molecular flexibility index (Phi) is 5.22. The van der Waals surface area contributed by atoms with Gasteiger partial charge in [-0.15, -0.1) is 11.8 Å². The molecule has 0 aliphatic rings. The van der Waals surface area contributed by atoms with E-state index in [-0.39, 0.29) is 5.91 Å². The second-order valence-electron chi connectivity index (χ2n) is 4.60. The van der Waals surface area contributed by atoms with Gasteiger partial charge in [-0.25, -0.2) is 4.98 Å². The molecule has 110 valence electrons. The molecule has 0 saturated carbocycles. The van der Waals surface area contributed by atoms with E-state index < -0.39 is 0 Å². The minimum Gasteiger partial charge on any atom is -0.481 e. The molecular weight excluding hydrogens is 284 g/mol. The molecule has 0 fully saturated rings. The molecule has 5 heteroatoms. The Morgan fingerprint density at radius 3 is 2.48 bits per heavy atom. The van der Waals surface area contributed by atoms with E-state index in [1.54, 1.807) is 43.0 Å². The van der Waals surface area contributed by atoms with Crippen molar-refractivity contribution in [1.29, 1.82) is 0 Å². The predicted octanol–water partition coefficient (Wildman–Crippen LogP) is 3.08. The molecular formula is C16H18N2O2S. The number of hydrogen-bond donors (Lipinski definition) is 0. The number of thioether (sulfide) groups is 1. The van der Waals surface area contributed by atoms with E-state index in [9.17, 15) is 4.79 Å². The second kappa shape index (κ2) is 7.13. The van der Waals surface area contributed by atoms with Crippen molar-refractivity contribution >= 4 is 17.7 Å². The van der Waals surface area contributed by atoms with Gasteiger partial charge in [0.05, 0.1) is 12.7 Å². The monoisotopic (exact) mass is 302 g/mol. The summed E-state index contributed by atoms with van der Waals surface area (Å²) >= 11 is 1.70. The lowest BCUT2D eigenvalue weighted by Crippen LogP contribution is -2.26. The minimum absolute atomic E-state index is 0.0564. The van der Waals surface area contributed by atoms with Gasteiger partial charge in [0.2, 0.25) is 5.88 Å². The van der Waals surface area contributed by atoms with Crippen molar-refractivity contribution in [1.82, 2.24) is 9.88 Å². The van der Waals surface area contributed by atoms with E-state index in [1.807, 2.05) is 18.4 Å². The second-order valence-corrected chi connectivity index (χ2v) is 5.48. The van der Waals surface area contributed by atoms with E-state index >= 15 is 0 Å². The molecule has 0 bridgehead atoms. The van der Waals surface area contributed by atoms with Crippen molar-refractivity contribution in [2.24, 2.45) is 0 Å². The molecule has 4 nitrogen and oxygen atoms in total. The van der Waals surface area contributed by atoms with E-state index in [1.165, 1.54) is 11.1 Å². The number of carbonyl (C=O) groups excluding carboxylic acids is 1. The topological polar surface area (TPSA) is 42.4 Å². The number of hydrogen-bond acceptors (Lipinski definition) is 4. The van der Waals surface area contributed by atoms with Crippen LogP contribution in [0.2, 0.25) is 0 Å². The summed E-state index contributed by atoms with van der Waals surface area (Å²) < 4.78 is 4.99. The first-order chi connectivity index (χ1) is 10.1. The van der Waals surface area contributed by atoms with Gasteiger partial charge >= 0.3 is 0 Å². The SMILES string of the molecule is COc1ccc(C(=O)N(C)Cc2ccc(SC)cc2)cn1. The van der Waals surface area contributed by atoms with Crippen LogP contribution in [0.25, 0.3) is 0 Å². The van der Waals surface area contributed by atoms with Crippen LogP contribution in [0.15, 0.2) is 47.5 Å². The summed E-state index contributed by atoms with van der Waals surface area (Å²) in [5, 5.41) is 0. The van der Waals surface area contributed by atoms with Gasteiger partial charge in [0, 0.05) is 30.8 Å². The van der Waals surface area contributed by atoms with Crippen LogP contribution in [-0.2, 0) is 6.54 Å². The lowest BCUT2D eigenvalue weighted by atomic mass is 10.2. The Hall–Kier alpha value is -2.01. The summed E-state index contributed by atoms with van der Waals surface area (Å²) in [7, 11) is 3.34. The molecule has 0 N–H and O–H groups in total. The Morgan fingerprint density at radius 2 is 1.95 bits per heavy atom. The number of carbonyl (C=O) groups is 1. The van der Waals surface area contributed by atoms with Crippen LogP contribution < -0.4 is 4.74 Å². The number of pyridine rings is 1. The van der Waals surface area contributed by atoms with Gasteiger partial charge in [0.15, 0.2) is 0 Å². The fraction of sp³-hybridized carbons (Fsp3) is 0.250. The molecule has 1 heterocycles. The van der Waals surface area contributed by atoms with Crippen LogP contribution in [0.5, 0.6) is 5.88 Å². The molecule has 0 spiro atoms. The van der Waals surface area contributed by atoms with Crippen LogP contribution >= 0.6 is 11.8 Å². The van der Waals surface area contributed by atoms with Crippen LogP contribution in [0.3, 0.4) is 0 Å². The molecule has 21 heavy (non-hydrogen) atoms. The highest BCUT2D eigenvalue weighted by Crippen LogP contribution is 2.16. The van der Waals surface area contributed by atoms with Crippen LogP contribution in [0.1, 0.15) is 15.9 Å². The number of ether oxygens (including phenoxy) is 1. The zero-order valence-corrected chi connectivity index (χ0v) is 13.2. The molecule has 0 radical (unpaired) electrons. The highest BCUT2D eigenvalue weighted by atomic mass is 32.2. The highest BCUT2D eigenvalue weighted by molar-refractivity contribution is 7.98. The lowest BCUT2D eigenvalue weighted by Gasteiger charge is -2.17. The molecule has 1 amide bonds. The molecule has 0 saturated heterocycles. The number of benzene rings is 1. The van der Waals surface area contributed by atoms with Gasteiger partial charge < -0.3 is 9.64 Å². The Bertz CT molecular complexity index is 597. The highest BCUT2D eigenvalue weighted by Gasteiger charge is 2.12. The van der Waals surface area contributed by atoms with Crippen molar-refractivity contribution in [3.05, 3.63) is 53.7 Å². The quantitative estimate of drug-likeness (QED) is 0.796. The first-order valence-corrected chi connectivity index (χ1v) is 7.75. The number of methoxy groups -OCH3 is 1. The van der Waals surface area contributed by atoms with E-state index in [2.05, 4.69) is 17.1 Å². The maximum atomic E-state index is 12.3. The predicted molar refractivity (Wildman–Crippen MR) is 84.8 cm³/mol. The normalized spacial score (nSPS) is 10.2. The largest absolute Gasteiger partial charge is 0.481 e. The summed E-state index contributed by atoms with van der Waals surface area (Å²) in [6.45, 7) is 0.569. The molecule has 1 aromatic carbocycles. The van der Waals surface area contributed by atoms with Crippen molar-refractivity contribution in [2.75, 3.05) is 20.4 Å². The molecule has 2 rings (SSSR count). The number of aromatic nitrogens is 1.